The van der Waals surface area contributed by atoms with Gasteiger partial charge in [-0.1, -0.05) is 35.9 Å². The fraction of sp³-hybridized carbons (Fsp3) is 0.364. The van der Waals surface area contributed by atoms with Crippen LogP contribution in [-0.4, -0.2) is 54.9 Å². The molecule has 0 spiro atoms. The zero-order valence-electron chi connectivity index (χ0n) is 16.0. The van der Waals surface area contributed by atoms with Crippen LogP contribution < -0.4 is 4.74 Å². The van der Waals surface area contributed by atoms with Crippen molar-refractivity contribution < 1.29 is 14.3 Å². The first kappa shape index (κ1) is 19.0. The van der Waals surface area contributed by atoms with E-state index in [1.165, 1.54) is 0 Å². The predicted molar refractivity (Wildman–Crippen MR) is 105 cm³/mol. The molecular weight excluding hydrogens is 340 g/mol. The molecule has 0 saturated carbocycles. The van der Waals surface area contributed by atoms with E-state index in [4.69, 9.17) is 4.74 Å². The molecule has 2 aromatic carbocycles. The molecule has 0 bridgehead atoms. The minimum Gasteiger partial charge on any atom is -0.496 e. The van der Waals surface area contributed by atoms with Crippen molar-refractivity contribution in [3.63, 3.8) is 0 Å². The van der Waals surface area contributed by atoms with Crippen LogP contribution in [0.1, 0.15) is 27.9 Å². The fourth-order valence-electron chi connectivity index (χ4n) is 3.43. The second-order valence-corrected chi connectivity index (χ2v) is 6.85. The molecule has 1 aliphatic heterocycles. The largest absolute Gasteiger partial charge is 0.496 e. The monoisotopic (exact) mass is 366 g/mol. The summed E-state index contributed by atoms with van der Waals surface area (Å²) in [4.78, 5) is 28.9. The van der Waals surface area contributed by atoms with Crippen LogP contribution in [0.15, 0.2) is 48.5 Å². The maximum absolute atomic E-state index is 12.6. The summed E-state index contributed by atoms with van der Waals surface area (Å²) in [5, 5.41) is 0. The van der Waals surface area contributed by atoms with Crippen molar-refractivity contribution in [2.24, 2.45) is 0 Å². The van der Waals surface area contributed by atoms with Crippen molar-refractivity contribution in [1.29, 1.82) is 0 Å². The van der Waals surface area contributed by atoms with Gasteiger partial charge in [-0.05, 0) is 37.1 Å². The molecule has 1 fully saturated rings. The fourth-order valence-corrected chi connectivity index (χ4v) is 3.43. The van der Waals surface area contributed by atoms with Crippen LogP contribution in [0.5, 0.6) is 5.75 Å². The molecule has 1 heterocycles. The van der Waals surface area contributed by atoms with E-state index < -0.39 is 0 Å². The van der Waals surface area contributed by atoms with Crippen LogP contribution in [0.25, 0.3) is 0 Å². The zero-order valence-corrected chi connectivity index (χ0v) is 16.0. The van der Waals surface area contributed by atoms with Gasteiger partial charge in [0, 0.05) is 38.2 Å². The van der Waals surface area contributed by atoms with E-state index in [0.717, 1.165) is 16.9 Å². The van der Waals surface area contributed by atoms with Crippen molar-refractivity contribution in [2.75, 3.05) is 33.3 Å². The smallest absolute Gasteiger partial charge is 0.253 e. The van der Waals surface area contributed by atoms with Gasteiger partial charge in [0.25, 0.3) is 5.91 Å². The summed E-state index contributed by atoms with van der Waals surface area (Å²) in [7, 11) is 1.64. The standard InChI is InChI=1S/C22H26N2O3/c1-17-6-5-8-19(16-17)22(26)24-14-12-23(13-15-24)21(25)11-10-18-7-3-4-9-20(18)27-2/h3-9,16H,10-15H2,1-2H3. The first-order valence-electron chi connectivity index (χ1n) is 9.34. The Bertz CT molecular complexity index is 811. The molecule has 3 rings (SSSR count). The topological polar surface area (TPSA) is 49.9 Å². The second-order valence-electron chi connectivity index (χ2n) is 6.85. The average Bonchev–Trinajstić information content (AvgIpc) is 2.71. The molecule has 142 valence electrons. The molecule has 2 amide bonds. The molecule has 1 aliphatic rings. The highest BCUT2D eigenvalue weighted by Gasteiger charge is 2.24. The number of methoxy groups -OCH3 is 1. The molecule has 0 atom stereocenters. The first-order chi connectivity index (χ1) is 13.1. The maximum Gasteiger partial charge on any atom is 0.253 e. The Kier molecular flexibility index (Phi) is 6.12. The van der Waals surface area contributed by atoms with E-state index in [1.54, 1.807) is 7.11 Å². The third-order valence-corrected chi connectivity index (χ3v) is 4.99. The molecule has 0 aromatic heterocycles. The Hall–Kier alpha value is -2.82. The Morgan fingerprint density at radius 1 is 0.963 bits per heavy atom. The maximum atomic E-state index is 12.6. The second kappa shape index (κ2) is 8.71. The number of hydrogen-bond acceptors (Lipinski definition) is 3. The lowest BCUT2D eigenvalue weighted by atomic mass is 10.1. The van der Waals surface area contributed by atoms with Gasteiger partial charge in [-0.25, -0.2) is 0 Å². The molecule has 0 N–H and O–H groups in total. The van der Waals surface area contributed by atoms with Crippen molar-refractivity contribution in [2.45, 2.75) is 19.8 Å². The van der Waals surface area contributed by atoms with Gasteiger partial charge < -0.3 is 14.5 Å². The number of piperazine rings is 1. The van der Waals surface area contributed by atoms with Gasteiger partial charge in [-0.2, -0.15) is 0 Å². The molecule has 5 nitrogen and oxygen atoms in total. The molecule has 1 saturated heterocycles. The zero-order chi connectivity index (χ0) is 19.2. The van der Waals surface area contributed by atoms with E-state index in [0.29, 0.717) is 44.6 Å². The molecule has 0 unspecified atom stereocenters. The van der Waals surface area contributed by atoms with Crippen molar-refractivity contribution in [3.8, 4) is 5.75 Å². The number of aryl methyl sites for hydroxylation is 2. The highest BCUT2D eigenvalue weighted by Crippen LogP contribution is 2.19. The number of hydrogen-bond donors (Lipinski definition) is 0. The van der Waals surface area contributed by atoms with Crippen molar-refractivity contribution in [1.82, 2.24) is 9.80 Å². The van der Waals surface area contributed by atoms with Gasteiger partial charge >= 0.3 is 0 Å². The number of benzene rings is 2. The summed E-state index contributed by atoms with van der Waals surface area (Å²) in [6.45, 7) is 4.31. The van der Waals surface area contributed by atoms with E-state index in [1.807, 2.05) is 65.3 Å². The lowest BCUT2D eigenvalue weighted by Gasteiger charge is -2.35. The third kappa shape index (κ3) is 4.67. The van der Waals surface area contributed by atoms with Crippen LogP contribution in [0.3, 0.4) is 0 Å². The number of para-hydroxylation sites is 1. The van der Waals surface area contributed by atoms with Crippen molar-refractivity contribution >= 4 is 11.8 Å². The van der Waals surface area contributed by atoms with Crippen molar-refractivity contribution in [3.05, 3.63) is 65.2 Å². The summed E-state index contributed by atoms with van der Waals surface area (Å²) in [5.74, 6) is 0.988. The molecule has 27 heavy (non-hydrogen) atoms. The third-order valence-electron chi connectivity index (χ3n) is 4.99. The number of nitrogens with zero attached hydrogens (tertiary/aromatic N) is 2. The number of ether oxygens (including phenoxy) is 1. The first-order valence-corrected chi connectivity index (χ1v) is 9.34. The summed E-state index contributed by atoms with van der Waals surface area (Å²) in [5.41, 5.74) is 2.83. The van der Waals surface area contributed by atoms with Gasteiger partial charge in [-0.15, -0.1) is 0 Å². The normalized spacial score (nSPS) is 14.1. The van der Waals surface area contributed by atoms with Gasteiger partial charge in [-0.3, -0.25) is 9.59 Å². The van der Waals surface area contributed by atoms with Gasteiger partial charge in [0.2, 0.25) is 5.91 Å². The lowest BCUT2D eigenvalue weighted by Crippen LogP contribution is -2.50. The Morgan fingerprint density at radius 3 is 2.37 bits per heavy atom. The Morgan fingerprint density at radius 2 is 1.67 bits per heavy atom. The summed E-state index contributed by atoms with van der Waals surface area (Å²) >= 11 is 0. The number of carbonyl (C=O) groups excluding carboxylic acids is 2. The molecule has 2 aromatic rings. The highest BCUT2D eigenvalue weighted by atomic mass is 16.5. The van der Waals surface area contributed by atoms with E-state index in [-0.39, 0.29) is 11.8 Å². The van der Waals surface area contributed by atoms with Gasteiger partial charge in [0.05, 0.1) is 7.11 Å². The average molecular weight is 366 g/mol. The van der Waals surface area contributed by atoms with E-state index in [2.05, 4.69) is 0 Å². The van der Waals surface area contributed by atoms with Crippen LogP contribution >= 0.6 is 0 Å². The van der Waals surface area contributed by atoms with Crippen LogP contribution in [-0.2, 0) is 11.2 Å². The van der Waals surface area contributed by atoms with Crippen LogP contribution in [0.2, 0.25) is 0 Å². The van der Waals surface area contributed by atoms with Gasteiger partial charge in [0.15, 0.2) is 0 Å². The van der Waals surface area contributed by atoms with E-state index >= 15 is 0 Å². The minimum atomic E-state index is 0.0415. The number of carbonyl (C=O) groups is 2. The van der Waals surface area contributed by atoms with Crippen LogP contribution in [0, 0.1) is 6.92 Å². The highest BCUT2D eigenvalue weighted by molar-refractivity contribution is 5.94. The summed E-state index contributed by atoms with van der Waals surface area (Å²) in [6.07, 6.45) is 1.11. The molecular formula is C22H26N2O3. The number of amides is 2. The minimum absolute atomic E-state index is 0.0415. The predicted octanol–water partition coefficient (Wildman–Crippen LogP) is 2.92. The SMILES string of the molecule is COc1ccccc1CCC(=O)N1CCN(C(=O)c2cccc(C)c2)CC1. The van der Waals surface area contributed by atoms with Gasteiger partial charge in [0.1, 0.15) is 5.75 Å². The van der Waals surface area contributed by atoms with E-state index in [9.17, 15) is 9.59 Å². The summed E-state index contributed by atoms with van der Waals surface area (Å²) in [6, 6.07) is 15.4. The quantitative estimate of drug-likeness (QED) is 0.818. The van der Waals surface area contributed by atoms with Crippen LogP contribution in [0.4, 0.5) is 0 Å². The molecule has 5 heteroatoms. The Labute approximate surface area is 160 Å². The summed E-state index contributed by atoms with van der Waals surface area (Å²) < 4.78 is 5.34. The number of rotatable bonds is 5. The Balaban J connectivity index is 1.51. The molecule has 0 radical (unpaired) electrons. The lowest BCUT2D eigenvalue weighted by molar-refractivity contribution is -0.132. The molecule has 0 aliphatic carbocycles.